The predicted molar refractivity (Wildman–Crippen MR) is 87.3 cm³/mol. The van der Waals surface area contributed by atoms with Crippen LogP contribution in [0.5, 0.6) is 0 Å². The number of aryl methyl sites for hydroxylation is 2. The van der Waals surface area contributed by atoms with E-state index >= 15 is 0 Å². The molecule has 2 aromatic heterocycles. The van der Waals surface area contributed by atoms with E-state index in [-0.39, 0.29) is 0 Å². The van der Waals surface area contributed by atoms with Crippen molar-refractivity contribution in [3.63, 3.8) is 0 Å². The molecule has 0 spiro atoms. The molecule has 0 aliphatic rings. The monoisotopic (exact) mass is 284 g/mol. The van der Waals surface area contributed by atoms with Gasteiger partial charge in [0, 0.05) is 29.6 Å². The summed E-state index contributed by atoms with van der Waals surface area (Å²) in [7, 11) is 0. The summed E-state index contributed by atoms with van der Waals surface area (Å²) in [5.41, 5.74) is 4.29. The van der Waals surface area contributed by atoms with Crippen LogP contribution in [-0.4, -0.2) is 21.5 Å². The molecule has 0 radical (unpaired) electrons. The molecule has 21 heavy (non-hydrogen) atoms. The highest BCUT2D eigenvalue weighted by Crippen LogP contribution is 2.21. The smallest absolute Gasteiger partial charge is 0.129 e. The quantitative estimate of drug-likeness (QED) is 0.878. The summed E-state index contributed by atoms with van der Waals surface area (Å²) < 4.78 is 0. The minimum atomic E-state index is 0.586. The van der Waals surface area contributed by atoms with E-state index in [4.69, 9.17) is 0 Å². The lowest BCUT2D eigenvalue weighted by molar-refractivity contribution is 0.687. The summed E-state index contributed by atoms with van der Waals surface area (Å²) in [5.74, 6) is 1.46. The minimum Gasteiger partial charge on any atom is -0.370 e. The van der Waals surface area contributed by atoms with Gasteiger partial charge in [0.1, 0.15) is 12.1 Å². The van der Waals surface area contributed by atoms with Crippen molar-refractivity contribution in [2.24, 2.45) is 5.92 Å². The molecule has 112 valence electrons. The molecule has 0 saturated carbocycles. The highest BCUT2D eigenvalue weighted by molar-refractivity contribution is 5.63. The van der Waals surface area contributed by atoms with E-state index in [1.807, 2.05) is 6.07 Å². The van der Waals surface area contributed by atoms with Crippen LogP contribution in [0, 0.1) is 5.92 Å². The fourth-order valence-corrected chi connectivity index (χ4v) is 2.08. The molecule has 2 rings (SSSR count). The van der Waals surface area contributed by atoms with Crippen LogP contribution in [-0.2, 0) is 12.8 Å². The number of anilines is 1. The maximum Gasteiger partial charge on any atom is 0.129 e. The highest BCUT2D eigenvalue weighted by Gasteiger charge is 2.06. The van der Waals surface area contributed by atoms with Crippen LogP contribution in [0.3, 0.4) is 0 Å². The normalized spacial score (nSPS) is 10.9. The van der Waals surface area contributed by atoms with Crippen LogP contribution in [0.1, 0.15) is 39.1 Å². The van der Waals surface area contributed by atoms with Crippen LogP contribution in [0.15, 0.2) is 24.5 Å². The second-order valence-electron chi connectivity index (χ2n) is 5.61. The van der Waals surface area contributed by atoms with E-state index in [0.29, 0.717) is 5.92 Å². The molecular formula is C17H24N4. The molecule has 0 aliphatic carbocycles. The van der Waals surface area contributed by atoms with Crippen LogP contribution in [0.4, 0.5) is 5.82 Å². The molecule has 0 aliphatic heterocycles. The van der Waals surface area contributed by atoms with Crippen molar-refractivity contribution in [2.45, 2.75) is 40.5 Å². The molecule has 0 bridgehead atoms. The lowest BCUT2D eigenvalue weighted by atomic mass is 10.1. The molecular weight excluding hydrogens is 260 g/mol. The summed E-state index contributed by atoms with van der Waals surface area (Å²) in [6.45, 7) is 9.52. The van der Waals surface area contributed by atoms with Crippen molar-refractivity contribution in [2.75, 3.05) is 11.9 Å². The Morgan fingerprint density at radius 1 is 1.00 bits per heavy atom. The molecule has 0 atom stereocenters. The van der Waals surface area contributed by atoms with E-state index in [0.717, 1.165) is 47.8 Å². The lowest BCUT2D eigenvalue weighted by Crippen LogP contribution is -2.09. The fourth-order valence-electron chi connectivity index (χ4n) is 2.08. The van der Waals surface area contributed by atoms with Gasteiger partial charge in [0.05, 0.1) is 5.69 Å². The van der Waals surface area contributed by atoms with Crippen molar-refractivity contribution in [3.05, 3.63) is 35.9 Å². The fraction of sp³-hybridized carbons (Fsp3) is 0.471. The highest BCUT2D eigenvalue weighted by atomic mass is 15.0. The maximum atomic E-state index is 4.62. The van der Waals surface area contributed by atoms with Crippen LogP contribution in [0.2, 0.25) is 0 Å². The molecule has 0 saturated heterocycles. The number of nitrogens with zero attached hydrogens (tertiary/aromatic N) is 3. The van der Waals surface area contributed by atoms with Gasteiger partial charge in [0.15, 0.2) is 0 Å². The summed E-state index contributed by atoms with van der Waals surface area (Å²) >= 11 is 0. The molecule has 4 heteroatoms. The number of rotatable bonds is 6. The molecule has 0 fully saturated rings. The Bertz CT molecular complexity index is 571. The molecule has 4 nitrogen and oxygen atoms in total. The third-order valence-electron chi connectivity index (χ3n) is 3.31. The largest absolute Gasteiger partial charge is 0.370 e. The Hall–Kier alpha value is -1.97. The Morgan fingerprint density at radius 3 is 2.24 bits per heavy atom. The molecule has 0 aromatic carbocycles. The van der Waals surface area contributed by atoms with Crippen molar-refractivity contribution in [1.29, 1.82) is 0 Å². The SMILES string of the molecule is CCc1cc(-c2cc(NCC(C)C)ncn2)cc(CC)n1. The second-order valence-corrected chi connectivity index (χ2v) is 5.61. The van der Waals surface area contributed by atoms with Gasteiger partial charge in [-0.15, -0.1) is 0 Å². The first-order valence-electron chi connectivity index (χ1n) is 7.68. The van der Waals surface area contributed by atoms with Crippen molar-refractivity contribution < 1.29 is 0 Å². The second kappa shape index (κ2) is 7.16. The Labute approximate surface area is 127 Å². The van der Waals surface area contributed by atoms with Gasteiger partial charge < -0.3 is 5.32 Å². The van der Waals surface area contributed by atoms with Gasteiger partial charge in [0.2, 0.25) is 0 Å². The Morgan fingerprint density at radius 2 is 1.67 bits per heavy atom. The van der Waals surface area contributed by atoms with E-state index in [1.165, 1.54) is 0 Å². The van der Waals surface area contributed by atoms with Gasteiger partial charge in [-0.1, -0.05) is 27.7 Å². The van der Waals surface area contributed by atoms with E-state index in [9.17, 15) is 0 Å². The lowest BCUT2D eigenvalue weighted by Gasteiger charge is -2.10. The zero-order valence-corrected chi connectivity index (χ0v) is 13.3. The van der Waals surface area contributed by atoms with Crippen molar-refractivity contribution in [1.82, 2.24) is 15.0 Å². The topological polar surface area (TPSA) is 50.7 Å². The third kappa shape index (κ3) is 4.25. The Kier molecular flexibility index (Phi) is 5.26. The van der Waals surface area contributed by atoms with Gasteiger partial charge in [-0.2, -0.15) is 0 Å². The van der Waals surface area contributed by atoms with Gasteiger partial charge >= 0.3 is 0 Å². The van der Waals surface area contributed by atoms with Gasteiger partial charge in [-0.05, 0) is 30.9 Å². The first kappa shape index (κ1) is 15.4. The summed E-state index contributed by atoms with van der Waals surface area (Å²) in [6.07, 6.45) is 3.49. The van der Waals surface area contributed by atoms with Gasteiger partial charge in [-0.25, -0.2) is 9.97 Å². The van der Waals surface area contributed by atoms with E-state index in [2.05, 4.69) is 60.1 Å². The summed E-state index contributed by atoms with van der Waals surface area (Å²) in [4.78, 5) is 13.3. The molecule has 0 unspecified atom stereocenters. The summed E-state index contributed by atoms with van der Waals surface area (Å²) in [6, 6.07) is 6.25. The van der Waals surface area contributed by atoms with Crippen molar-refractivity contribution in [3.8, 4) is 11.3 Å². The summed E-state index contributed by atoms with van der Waals surface area (Å²) in [5, 5.41) is 3.34. The van der Waals surface area contributed by atoms with Crippen molar-refractivity contribution >= 4 is 5.82 Å². The standard InChI is InChI=1S/C17H24N4/c1-5-14-7-13(8-15(6-2)21-14)16-9-17(20-11-19-16)18-10-12(3)4/h7-9,11-12H,5-6,10H2,1-4H3,(H,18,19,20). The maximum absolute atomic E-state index is 4.62. The number of aromatic nitrogens is 3. The average molecular weight is 284 g/mol. The molecule has 1 N–H and O–H groups in total. The molecule has 0 amide bonds. The first-order chi connectivity index (χ1) is 10.1. The van der Waals surface area contributed by atoms with Crippen LogP contribution >= 0.6 is 0 Å². The number of pyridine rings is 1. The zero-order valence-electron chi connectivity index (χ0n) is 13.3. The first-order valence-corrected chi connectivity index (χ1v) is 7.68. The number of hydrogen-bond acceptors (Lipinski definition) is 4. The average Bonchev–Trinajstić information content (AvgIpc) is 2.52. The van der Waals surface area contributed by atoms with Crippen LogP contribution in [0.25, 0.3) is 11.3 Å². The van der Waals surface area contributed by atoms with Crippen LogP contribution < -0.4 is 5.32 Å². The number of nitrogens with one attached hydrogen (secondary N) is 1. The van der Waals surface area contributed by atoms with Gasteiger partial charge in [-0.3, -0.25) is 4.98 Å². The minimum absolute atomic E-state index is 0.586. The van der Waals surface area contributed by atoms with E-state index in [1.54, 1.807) is 6.33 Å². The number of hydrogen-bond donors (Lipinski definition) is 1. The Balaban J connectivity index is 2.30. The third-order valence-corrected chi connectivity index (χ3v) is 3.31. The van der Waals surface area contributed by atoms with E-state index < -0.39 is 0 Å². The predicted octanol–water partition coefficient (Wildman–Crippen LogP) is 3.73. The molecule has 2 aromatic rings. The molecule has 2 heterocycles. The van der Waals surface area contributed by atoms with Gasteiger partial charge in [0.25, 0.3) is 0 Å². The zero-order chi connectivity index (χ0) is 15.2.